The van der Waals surface area contributed by atoms with Gasteiger partial charge < -0.3 is 10.7 Å². The number of nitrogens with zero attached hydrogens (tertiary/aromatic N) is 5. The van der Waals surface area contributed by atoms with Crippen molar-refractivity contribution in [2.75, 3.05) is 0 Å². The van der Waals surface area contributed by atoms with Crippen LogP contribution in [-0.4, -0.2) is 35.9 Å². The van der Waals surface area contributed by atoms with Crippen LogP contribution in [0.3, 0.4) is 0 Å². The lowest BCUT2D eigenvalue weighted by Crippen LogP contribution is -2.19. The average Bonchev–Trinajstić information content (AvgIpc) is 3.07. The molecular formula is C21H24ClN7S. The predicted molar refractivity (Wildman–Crippen MR) is 121 cm³/mol. The minimum absolute atomic E-state index is 0.0719. The van der Waals surface area contributed by atoms with Crippen molar-refractivity contribution in [2.24, 2.45) is 5.73 Å². The van der Waals surface area contributed by atoms with Gasteiger partial charge in [-0.05, 0) is 44.0 Å². The minimum atomic E-state index is 0.0719. The quantitative estimate of drug-likeness (QED) is 0.393. The Labute approximate surface area is 184 Å². The van der Waals surface area contributed by atoms with E-state index in [0.29, 0.717) is 15.8 Å². The van der Waals surface area contributed by atoms with Gasteiger partial charge in [0.15, 0.2) is 10.8 Å². The molecule has 0 aliphatic carbocycles. The molecule has 7 nitrogen and oxygen atoms in total. The predicted octanol–water partition coefficient (Wildman–Crippen LogP) is 4.89. The molecule has 0 saturated carbocycles. The van der Waals surface area contributed by atoms with Crippen molar-refractivity contribution in [3.63, 3.8) is 0 Å². The van der Waals surface area contributed by atoms with Crippen LogP contribution in [0.25, 0.3) is 22.2 Å². The third-order valence-corrected chi connectivity index (χ3v) is 6.31. The summed E-state index contributed by atoms with van der Waals surface area (Å²) in [5.74, 6) is 0.202. The SMILES string of the molecule is CCc1[nH]c2nc(Sc3cnc4nccnc4c3)nc(C(CC)C[C@@H](C)N)c2c1Cl. The van der Waals surface area contributed by atoms with Gasteiger partial charge in [0.2, 0.25) is 0 Å². The van der Waals surface area contributed by atoms with Gasteiger partial charge in [0.05, 0.1) is 16.1 Å². The Morgan fingerprint density at radius 1 is 1.17 bits per heavy atom. The highest BCUT2D eigenvalue weighted by Gasteiger charge is 2.23. The summed E-state index contributed by atoms with van der Waals surface area (Å²) in [6, 6.07) is 2.02. The van der Waals surface area contributed by atoms with Gasteiger partial charge in [-0.2, -0.15) is 0 Å². The smallest absolute Gasteiger partial charge is 0.194 e. The Morgan fingerprint density at radius 3 is 2.70 bits per heavy atom. The highest BCUT2D eigenvalue weighted by molar-refractivity contribution is 7.99. The molecule has 4 aromatic heterocycles. The number of nitrogens with one attached hydrogen (secondary N) is 1. The lowest BCUT2D eigenvalue weighted by Gasteiger charge is -2.18. The molecule has 4 rings (SSSR count). The third-order valence-electron chi connectivity index (χ3n) is 5.07. The van der Waals surface area contributed by atoms with Crippen LogP contribution < -0.4 is 5.73 Å². The molecule has 0 aliphatic heterocycles. The van der Waals surface area contributed by atoms with Crippen LogP contribution in [0.2, 0.25) is 5.02 Å². The molecule has 9 heteroatoms. The van der Waals surface area contributed by atoms with E-state index in [1.54, 1.807) is 18.6 Å². The standard InChI is InChI=1S/C21H24ClN7S/c1-4-12(8-11(3)23)18-16-17(22)14(5-2)27-20(16)29-21(28-18)30-13-9-15-19(26-10-13)25-7-6-24-15/h6-7,9-12H,4-5,8,23H2,1-3H3,(H,27,28,29)/t11-,12?/m1/s1. The van der Waals surface area contributed by atoms with Crippen LogP contribution in [-0.2, 0) is 6.42 Å². The van der Waals surface area contributed by atoms with Crippen molar-refractivity contribution in [1.29, 1.82) is 0 Å². The number of nitrogens with two attached hydrogens (primary N) is 1. The Kier molecular flexibility index (Phi) is 6.17. The molecule has 156 valence electrons. The van der Waals surface area contributed by atoms with Gasteiger partial charge >= 0.3 is 0 Å². The van der Waals surface area contributed by atoms with Crippen molar-refractivity contribution >= 4 is 45.6 Å². The van der Waals surface area contributed by atoms with E-state index in [-0.39, 0.29) is 12.0 Å². The molecule has 2 atom stereocenters. The number of hydrogen-bond donors (Lipinski definition) is 2. The van der Waals surface area contributed by atoms with Crippen LogP contribution in [0.15, 0.2) is 34.7 Å². The van der Waals surface area contributed by atoms with Crippen molar-refractivity contribution in [3.8, 4) is 0 Å². The number of H-pyrrole nitrogens is 1. The molecule has 4 aromatic rings. The molecule has 0 spiro atoms. The Balaban J connectivity index is 1.81. The maximum Gasteiger partial charge on any atom is 0.194 e. The Hall–Kier alpha value is -2.29. The summed E-state index contributed by atoms with van der Waals surface area (Å²) in [6.45, 7) is 6.25. The van der Waals surface area contributed by atoms with Crippen molar-refractivity contribution < 1.29 is 0 Å². The summed E-state index contributed by atoms with van der Waals surface area (Å²) in [7, 11) is 0. The van der Waals surface area contributed by atoms with E-state index in [0.717, 1.165) is 52.1 Å². The van der Waals surface area contributed by atoms with Gasteiger partial charge in [-0.15, -0.1) is 0 Å². The number of halogens is 1. The number of rotatable bonds is 7. The fourth-order valence-electron chi connectivity index (χ4n) is 3.62. The number of aromatic nitrogens is 6. The fourth-order valence-corrected chi connectivity index (χ4v) is 4.75. The van der Waals surface area contributed by atoms with Gasteiger partial charge in [-0.25, -0.2) is 19.9 Å². The zero-order valence-electron chi connectivity index (χ0n) is 17.2. The summed E-state index contributed by atoms with van der Waals surface area (Å²) in [5.41, 5.74) is 10.2. The van der Waals surface area contributed by atoms with Crippen LogP contribution in [0.4, 0.5) is 0 Å². The number of aromatic amines is 1. The average molecular weight is 442 g/mol. The highest BCUT2D eigenvalue weighted by Crippen LogP contribution is 2.37. The van der Waals surface area contributed by atoms with E-state index in [4.69, 9.17) is 27.3 Å². The molecule has 4 heterocycles. The first-order chi connectivity index (χ1) is 14.5. The van der Waals surface area contributed by atoms with E-state index in [2.05, 4.69) is 33.8 Å². The van der Waals surface area contributed by atoms with E-state index >= 15 is 0 Å². The van der Waals surface area contributed by atoms with Gasteiger partial charge in [0.25, 0.3) is 0 Å². The number of fused-ring (bicyclic) bond motifs is 2. The third kappa shape index (κ3) is 4.12. The van der Waals surface area contributed by atoms with Crippen LogP contribution >= 0.6 is 23.4 Å². The first-order valence-corrected chi connectivity index (χ1v) is 11.3. The topological polar surface area (TPSA) is 106 Å². The van der Waals surface area contributed by atoms with E-state index in [1.807, 2.05) is 13.0 Å². The monoisotopic (exact) mass is 441 g/mol. The van der Waals surface area contributed by atoms with E-state index < -0.39 is 0 Å². The molecule has 0 bridgehead atoms. The Bertz CT molecular complexity index is 1190. The number of aryl methyl sites for hydroxylation is 1. The molecule has 0 saturated heterocycles. The van der Waals surface area contributed by atoms with Gasteiger partial charge in [0, 0.05) is 41.1 Å². The highest BCUT2D eigenvalue weighted by atomic mass is 35.5. The molecule has 0 aliphatic rings. The van der Waals surface area contributed by atoms with Gasteiger partial charge in [-0.3, -0.25) is 4.98 Å². The van der Waals surface area contributed by atoms with E-state index in [9.17, 15) is 0 Å². The van der Waals surface area contributed by atoms with Crippen molar-refractivity contribution in [3.05, 3.63) is 41.1 Å². The van der Waals surface area contributed by atoms with Gasteiger partial charge in [0.1, 0.15) is 11.2 Å². The van der Waals surface area contributed by atoms with E-state index in [1.165, 1.54) is 11.8 Å². The number of hydrogen-bond acceptors (Lipinski definition) is 7. The molecule has 0 radical (unpaired) electrons. The lowest BCUT2D eigenvalue weighted by atomic mass is 9.93. The molecular weight excluding hydrogens is 418 g/mol. The van der Waals surface area contributed by atoms with Crippen molar-refractivity contribution in [2.45, 2.75) is 62.0 Å². The summed E-state index contributed by atoms with van der Waals surface area (Å²) in [4.78, 5) is 26.9. The molecule has 3 N–H and O–H groups in total. The molecule has 1 unspecified atom stereocenters. The zero-order chi connectivity index (χ0) is 21.3. The first-order valence-electron chi connectivity index (χ1n) is 10.1. The van der Waals surface area contributed by atoms with Crippen LogP contribution in [0.5, 0.6) is 0 Å². The summed E-state index contributed by atoms with van der Waals surface area (Å²) in [5, 5.41) is 2.27. The molecule has 0 fully saturated rings. The minimum Gasteiger partial charge on any atom is -0.342 e. The first kappa shape index (κ1) is 21.0. The molecule has 30 heavy (non-hydrogen) atoms. The Morgan fingerprint density at radius 2 is 1.97 bits per heavy atom. The second-order valence-electron chi connectivity index (χ2n) is 7.38. The summed E-state index contributed by atoms with van der Waals surface area (Å²) >= 11 is 8.16. The normalized spacial score (nSPS) is 13.8. The molecule has 0 aromatic carbocycles. The second kappa shape index (κ2) is 8.83. The van der Waals surface area contributed by atoms with Crippen molar-refractivity contribution in [1.82, 2.24) is 29.9 Å². The van der Waals surface area contributed by atoms with Gasteiger partial charge in [-0.1, -0.05) is 25.4 Å². The summed E-state index contributed by atoms with van der Waals surface area (Å²) < 4.78 is 0. The fraction of sp³-hybridized carbons (Fsp3) is 0.381. The maximum atomic E-state index is 6.70. The van der Waals surface area contributed by atoms with Crippen LogP contribution in [0.1, 0.15) is 50.9 Å². The zero-order valence-corrected chi connectivity index (χ0v) is 18.8. The lowest BCUT2D eigenvalue weighted by molar-refractivity contribution is 0.529. The maximum absolute atomic E-state index is 6.70. The largest absolute Gasteiger partial charge is 0.342 e. The molecule has 0 amide bonds. The second-order valence-corrected chi connectivity index (χ2v) is 8.80. The summed E-state index contributed by atoms with van der Waals surface area (Å²) in [6.07, 6.45) is 7.62. The number of pyridine rings is 1. The van der Waals surface area contributed by atoms with Crippen LogP contribution in [0, 0.1) is 0 Å².